The number of hydrogen-bond acceptors (Lipinski definition) is 4. The second-order valence-corrected chi connectivity index (χ2v) is 4.46. The molecule has 2 N–H and O–H groups in total. The Morgan fingerprint density at radius 2 is 2.21 bits per heavy atom. The van der Waals surface area contributed by atoms with Crippen LogP contribution in [-0.4, -0.2) is 48.8 Å². The van der Waals surface area contributed by atoms with Crippen LogP contribution in [0.5, 0.6) is 0 Å². The maximum Gasteiger partial charge on any atom is 0.471 e. The fraction of sp³-hybridized carbons (Fsp3) is 0.909. The highest BCUT2D eigenvalue weighted by molar-refractivity contribution is 5.81. The van der Waals surface area contributed by atoms with E-state index in [1.807, 2.05) is 0 Å². The van der Waals surface area contributed by atoms with Crippen LogP contribution in [0.2, 0.25) is 0 Å². The molecule has 0 radical (unpaired) electrons. The zero-order valence-electron chi connectivity index (χ0n) is 10.6. The van der Waals surface area contributed by atoms with Gasteiger partial charge in [-0.05, 0) is 26.2 Å². The minimum atomic E-state index is -4.96. The van der Waals surface area contributed by atoms with Gasteiger partial charge in [0.15, 0.2) is 6.29 Å². The molecule has 8 heteroatoms. The highest BCUT2D eigenvalue weighted by Gasteiger charge is 2.40. The Balaban J connectivity index is 2.27. The third-order valence-electron chi connectivity index (χ3n) is 2.78. The van der Waals surface area contributed by atoms with Crippen LogP contribution >= 0.6 is 0 Å². The molecular weight excluding hydrogens is 267 g/mol. The van der Waals surface area contributed by atoms with Crippen LogP contribution in [0.25, 0.3) is 0 Å². The van der Waals surface area contributed by atoms with Crippen molar-refractivity contribution in [1.29, 1.82) is 0 Å². The lowest BCUT2D eigenvalue weighted by atomic mass is 10.2. The van der Waals surface area contributed by atoms with Gasteiger partial charge in [-0.15, -0.1) is 0 Å². The molecule has 1 saturated heterocycles. The van der Waals surface area contributed by atoms with Crippen LogP contribution in [0, 0.1) is 0 Å². The van der Waals surface area contributed by atoms with Gasteiger partial charge in [0.1, 0.15) is 0 Å². The quantitative estimate of drug-likeness (QED) is 0.789. The smallest absolute Gasteiger partial charge is 0.389 e. The lowest BCUT2D eigenvalue weighted by molar-refractivity contribution is -0.182. The van der Waals surface area contributed by atoms with E-state index in [0.29, 0.717) is 13.0 Å². The number of carbonyl (C=O) groups is 1. The van der Waals surface area contributed by atoms with Crippen molar-refractivity contribution >= 4 is 5.91 Å². The number of carbonyl (C=O) groups excluding carboxylic acids is 1. The predicted octanol–water partition coefficient (Wildman–Crippen LogP) is 0.957. The van der Waals surface area contributed by atoms with Crippen molar-refractivity contribution in [2.45, 2.75) is 50.8 Å². The van der Waals surface area contributed by atoms with E-state index in [1.165, 1.54) is 6.92 Å². The van der Waals surface area contributed by atoms with Gasteiger partial charge >= 0.3 is 12.1 Å². The summed E-state index contributed by atoms with van der Waals surface area (Å²) in [7, 11) is 0. The minimum Gasteiger partial charge on any atom is -0.389 e. The van der Waals surface area contributed by atoms with Gasteiger partial charge in [-0.3, -0.25) is 4.79 Å². The van der Waals surface area contributed by atoms with Crippen molar-refractivity contribution in [2.75, 3.05) is 13.2 Å². The molecule has 0 aromatic rings. The average Bonchev–Trinajstić information content (AvgIpc) is 2.35. The van der Waals surface area contributed by atoms with Gasteiger partial charge in [-0.25, -0.2) is 0 Å². The van der Waals surface area contributed by atoms with Gasteiger partial charge in [0.05, 0.1) is 18.8 Å². The maximum absolute atomic E-state index is 12.0. The molecule has 0 bridgehead atoms. The predicted molar refractivity (Wildman–Crippen MR) is 59.2 cm³/mol. The van der Waals surface area contributed by atoms with E-state index in [9.17, 15) is 23.1 Å². The number of aliphatic hydroxyl groups is 1. The molecule has 1 amide bonds. The van der Waals surface area contributed by atoms with Crippen LogP contribution in [0.15, 0.2) is 0 Å². The molecule has 3 unspecified atom stereocenters. The molecule has 1 aliphatic heterocycles. The molecule has 0 aliphatic carbocycles. The largest absolute Gasteiger partial charge is 0.471 e. The molecule has 1 heterocycles. The Morgan fingerprint density at radius 1 is 1.53 bits per heavy atom. The van der Waals surface area contributed by atoms with Crippen molar-refractivity contribution in [2.24, 2.45) is 0 Å². The topological polar surface area (TPSA) is 67.8 Å². The summed E-state index contributed by atoms with van der Waals surface area (Å²) in [4.78, 5) is 10.7. The van der Waals surface area contributed by atoms with Gasteiger partial charge in [0.2, 0.25) is 0 Å². The molecule has 19 heavy (non-hydrogen) atoms. The Labute approximate surface area is 109 Å². The summed E-state index contributed by atoms with van der Waals surface area (Å²) in [6.45, 7) is 1.66. The summed E-state index contributed by atoms with van der Waals surface area (Å²) in [5, 5.41) is 11.3. The molecule has 0 aromatic carbocycles. The van der Waals surface area contributed by atoms with Gasteiger partial charge < -0.3 is 19.9 Å². The first-order chi connectivity index (χ1) is 8.80. The van der Waals surface area contributed by atoms with Crippen molar-refractivity contribution in [3.05, 3.63) is 0 Å². The summed E-state index contributed by atoms with van der Waals surface area (Å²) >= 11 is 0. The maximum atomic E-state index is 12.0. The van der Waals surface area contributed by atoms with E-state index >= 15 is 0 Å². The van der Waals surface area contributed by atoms with E-state index in [4.69, 9.17) is 9.47 Å². The third-order valence-corrected chi connectivity index (χ3v) is 2.78. The van der Waals surface area contributed by atoms with E-state index in [0.717, 1.165) is 12.8 Å². The third kappa shape index (κ3) is 5.75. The standard InChI is InChI=1S/C11H18F3NO4/c1-7(15-10(17)11(12,13)14)8(16)6-19-9-4-2-3-5-18-9/h7-9,16H,2-6H2,1H3,(H,15,17). The monoisotopic (exact) mass is 285 g/mol. The number of halogens is 3. The zero-order valence-corrected chi connectivity index (χ0v) is 10.6. The van der Waals surface area contributed by atoms with Crippen molar-refractivity contribution in [1.82, 2.24) is 5.32 Å². The van der Waals surface area contributed by atoms with Gasteiger partial charge in [-0.1, -0.05) is 0 Å². The second-order valence-electron chi connectivity index (χ2n) is 4.46. The number of amides is 1. The zero-order chi connectivity index (χ0) is 14.5. The molecule has 5 nitrogen and oxygen atoms in total. The summed E-state index contributed by atoms with van der Waals surface area (Å²) in [6, 6.07) is -1.06. The highest BCUT2D eigenvalue weighted by Crippen LogP contribution is 2.16. The summed E-state index contributed by atoms with van der Waals surface area (Å²) in [6.07, 6.45) is -4.04. The number of ether oxygens (including phenoxy) is 2. The molecule has 0 saturated carbocycles. The SMILES string of the molecule is CC(NC(=O)C(F)(F)F)C(O)COC1CCCCO1. The Kier molecular flexibility index (Phi) is 6.02. The highest BCUT2D eigenvalue weighted by atomic mass is 19.4. The Morgan fingerprint density at radius 3 is 2.74 bits per heavy atom. The van der Waals surface area contributed by atoms with Crippen molar-refractivity contribution < 1.29 is 32.5 Å². The van der Waals surface area contributed by atoms with Gasteiger partial charge in [0, 0.05) is 6.61 Å². The molecule has 0 aromatic heterocycles. The minimum absolute atomic E-state index is 0.191. The normalized spacial score (nSPS) is 23.7. The average molecular weight is 285 g/mol. The van der Waals surface area contributed by atoms with E-state index in [2.05, 4.69) is 0 Å². The molecular formula is C11H18F3NO4. The lowest BCUT2D eigenvalue weighted by Gasteiger charge is -2.26. The second kappa shape index (κ2) is 7.06. The first-order valence-electron chi connectivity index (χ1n) is 6.09. The van der Waals surface area contributed by atoms with E-state index < -0.39 is 30.5 Å². The van der Waals surface area contributed by atoms with Crippen LogP contribution in [0.4, 0.5) is 13.2 Å². The number of hydrogen-bond donors (Lipinski definition) is 2. The molecule has 0 spiro atoms. The molecule has 1 rings (SSSR count). The molecule has 112 valence electrons. The number of nitrogens with one attached hydrogen (secondary N) is 1. The van der Waals surface area contributed by atoms with Crippen molar-refractivity contribution in [3.8, 4) is 0 Å². The van der Waals surface area contributed by atoms with Gasteiger partial charge in [0.25, 0.3) is 0 Å². The Hall–Kier alpha value is -0.860. The van der Waals surface area contributed by atoms with Crippen LogP contribution in [0.1, 0.15) is 26.2 Å². The first-order valence-corrected chi connectivity index (χ1v) is 6.09. The summed E-state index contributed by atoms with van der Waals surface area (Å²) in [5.74, 6) is -2.08. The van der Waals surface area contributed by atoms with Crippen LogP contribution < -0.4 is 5.32 Å². The van der Waals surface area contributed by atoms with E-state index in [-0.39, 0.29) is 6.61 Å². The Bertz CT molecular complexity index is 292. The number of aliphatic hydroxyl groups excluding tert-OH is 1. The van der Waals surface area contributed by atoms with Crippen LogP contribution in [-0.2, 0) is 14.3 Å². The summed E-state index contributed by atoms with van der Waals surface area (Å²) in [5.41, 5.74) is 0. The molecule has 1 fully saturated rings. The molecule has 3 atom stereocenters. The molecule has 1 aliphatic rings. The van der Waals surface area contributed by atoms with Crippen LogP contribution in [0.3, 0.4) is 0 Å². The summed E-state index contributed by atoms with van der Waals surface area (Å²) < 4.78 is 46.5. The van der Waals surface area contributed by atoms with E-state index in [1.54, 1.807) is 5.32 Å². The fourth-order valence-electron chi connectivity index (χ4n) is 1.58. The first kappa shape index (κ1) is 16.2. The van der Waals surface area contributed by atoms with Crippen molar-refractivity contribution in [3.63, 3.8) is 0 Å². The fourth-order valence-corrected chi connectivity index (χ4v) is 1.58. The number of rotatable bonds is 5. The lowest BCUT2D eigenvalue weighted by Crippen LogP contribution is -2.48. The number of alkyl halides is 3. The van der Waals surface area contributed by atoms with Gasteiger partial charge in [-0.2, -0.15) is 13.2 Å².